The second-order valence-electron chi connectivity index (χ2n) is 6.97. The van der Waals surface area contributed by atoms with Gasteiger partial charge in [-0.1, -0.05) is 54.1 Å². The highest BCUT2D eigenvalue weighted by molar-refractivity contribution is 7.98. The zero-order valence-corrected chi connectivity index (χ0v) is 18.5. The number of pyridine rings is 1. The molecule has 0 saturated carbocycles. The van der Waals surface area contributed by atoms with Gasteiger partial charge in [0.1, 0.15) is 11.3 Å². The summed E-state index contributed by atoms with van der Waals surface area (Å²) in [7, 11) is 1.57. The van der Waals surface area contributed by atoms with E-state index < -0.39 is 0 Å². The van der Waals surface area contributed by atoms with Crippen LogP contribution in [-0.2, 0) is 12.3 Å². The third-order valence-corrected chi connectivity index (χ3v) is 6.17. The maximum absolute atomic E-state index is 12.8. The highest BCUT2D eigenvalue weighted by Gasteiger charge is 2.16. The Bertz CT molecular complexity index is 1200. The number of nitrogens with one attached hydrogen (secondary N) is 1. The number of fused-ring (bicyclic) bond motifs is 1. The predicted molar refractivity (Wildman–Crippen MR) is 127 cm³/mol. The predicted octanol–water partition coefficient (Wildman–Crippen LogP) is 6.12. The number of carbonyl (C=O) groups is 1. The summed E-state index contributed by atoms with van der Waals surface area (Å²) in [5, 5.41) is 4.39. The molecule has 3 aromatic carbocycles. The molecule has 1 aromatic heterocycles. The largest absolute Gasteiger partial charge is 0.495 e. The van der Waals surface area contributed by atoms with Crippen LogP contribution in [0.1, 0.15) is 21.5 Å². The summed E-state index contributed by atoms with van der Waals surface area (Å²) >= 11 is 7.66. The van der Waals surface area contributed by atoms with Crippen molar-refractivity contribution in [3.8, 4) is 5.75 Å². The van der Waals surface area contributed by atoms with E-state index in [1.54, 1.807) is 37.2 Å². The Kier molecular flexibility index (Phi) is 6.75. The van der Waals surface area contributed by atoms with Crippen molar-refractivity contribution in [3.05, 3.63) is 101 Å². The number of hydrogen-bond donors (Lipinski definition) is 1. The molecule has 0 aliphatic heterocycles. The van der Waals surface area contributed by atoms with Gasteiger partial charge in [0, 0.05) is 33.8 Å². The van der Waals surface area contributed by atoms with Crippen molar-refractivity contribution in [1.82, 2.24) is 10.3 Å². The summed E-state index contributed by atoms with van der Waals surface area (Å²) in [4.78, 5) is 18.4. The zero-order valence-electron chi connectivity index (χ0n) is 17.0. The standard InChI is InChI=1S/C25H21ClN2O2S/c1-30-24-21-12-11-20(31-16-18-5-3-2-4-6-18)13-23(21)27-15-22(24)25(29)28-14-17-7-9-19(26)10-8-17/h2-13,15H,14,16H2,1H3,(H,28,29). The fraction of sp³-hybridized carbons (Fsp3) is 0.120. The summed E-state index contributed by atoms with van der Waals surface area (Å²) in [6, 6.07) is 23.7. The van der Waals surface area contributed by atoms with Crippen molar-refractivity contribution >= 4 is 40.2 Å². The summed E-state index contributed by atoms with van der Waals surface area (Å²) in [5.74, 6) is 1.18. The van der Waals surface area contributed by atoms with Crippen molar-refractivity contribution in [3.63, 3.8) is 0 Å². The number of carbonyl (C=O) groups excluding carboxylic acids is 1. The van der Waals surface area contributed by atoms with Gasteiger partial charge in [0.25, 0.3) is 5.91 Å². The maximum atomic E-state index is 12.8. The molecule has 4 nitrogen and oxygen atoms in total. The molecule has 156 valence electrons. The van der Waals surface area contributed by atoms with Crippen molar-refractivity contribution in [2.24, 2.45) is 0 Å². The average molecular weight is 449 g/mol. The van der Waals surface area contributed by atoms with Gasteiger partial charge in [-0.15, -0.1) is 11.8 Å². The number of benzene rings is 3. The Morgan fingerprint density at radius 1 is 1.03 bits per heavy atom. The minimum absolute atomic E-state index is 0.233. The molecule has 0 fully saturated rings. The highest BCUT2D eigenvalue weighted by atomic mass is 35.5. The van der Waals surface area contributed by atoms with E-state index in [-0.39, 0.29) is 5.91 Å². The molecule has 0 bridgehead atoms. The van der Waals surface area contributed by atoms with Gasteiger partial charge in [-0.3, -0.25) is 9.78 Å². The molecule has 0 spiro atoms. The van der Waals surface area contributed by atoms with Crippen LogP contribution in [0.5, 0.6) is 5.75 Å². The number of amides is 1. The number of methoxy groups -OCH3 is 1. The molecule has 31 heavy (non-hydrogen) atoms. The van der Waals surface area contributed by atoms with Gasteiger partial charge in [0.05, 0.1) is 12.6 Å². The molecule has 4 aromatic rings. The molecule has 0 unspecified atom stereocenters. The van der Waals surface area contributed by atoms with Crippen LogP contribution in [-0.4, -0.2) is 18.0 Å². The number of rotatable bonds is 7. The molecule has 0 aliphatic rings. The minimum atomic E-state index is -0.233. The zero-order chi connectivity index (χ0) is 21.6. The first-order chi connectivity index (χ1) is 15.1. The van der Waals surface area contributed by atoms with Gasteiger partial charge in [0.2, 0.25) is 0 Å². The third-order valence-electron chi connectivity index (χ3n) is 4.85. The molecular weight excluding hydrogens is 428 g/mol. The number of ether oxygens (including phenoxy) is 1. The fourth-order valence-electron chi connectivity index (χ4n) is 3.24. The van der Waals surface area contributed by atoms with Crippen LogP contribution in [0.2, 0.25) is 5.02 Å². The maximum Gasteiger partial charge on any atom is 0.256 e. The molecular formula is C25H21ClN2O2S. The van der Waals surface area contributed by atoms with E-state index in [0.717, 1.165) is 27.1 Å². The fourth-order valence-corrected chi connectivity index (χ4v) is 4.25. The van der Waals surface area contributed by atoms with E-state index in [2.05, 4.69) is 22.4 Å². The molecule has 0 saturated heterocycles. The first-order valence-electron chi connectivity index (χ1n) is 9.80. The normalized spacial score (nSPS) is 10.8. The van der Waals surface area contributed by atoms with E-state index >= 15 is 0 Å². The Labute approximate surface area is 190 Å². The summed E-state index contributed by atoms with van der Waals surface area (Å²) in [6.07, 6.45) is 1.57. The second-order valence-corrected chi connectivity index (χ2v) is 8.45. The molecule has 1 amide bonds. The second kappa shape index (κ2) is 9.86. The van der Waals surface area contributed by atoms with Crippen LogP contribution in [0.4, 0.5) is 0 Å². The first kappa shape index (κ1) is 21.2. The van der Waals surface area contributed by atoms with Crippen molar-refractivity contribution < 1.29 is 9.53 Å². The van der Waals surface area contributed by atoms with E-state index in [1.807, 2.05) is 48.5 Å². The van der Waals surface area contributed by atoms with Crippen molar-refractivity contribution in [1.29, 1.82) is 0 Å². The van der Waals surface area contributed by atoms with Gasteiger partial charge in [-0.05, 0) is 41.5 Å². The van der Waals surface area contributed by atoms with E-state index in [4.69, 9.17) is 16.3 Å². The van der Waals surface area contributed by atoms with Crippen molar-refractivity contribution in [2.75, 3.05) is 7.11 Å². The molecule has 0 atom stereocenters. The molecule has 1 heterocycles. The van der Waals surface area contributed by atoms with Crippen LogP contribution in [0.15, 0.2) is 83.9 Å². The lowest BCUT2D eigenvalue weighted by atomic mass is 10.1. The summed E-state index contributed by atoms with van der Waals surface area (Å²) in [5.41, 5.74) is 3.44. The van der Waals surface area contributed by atoms with E-state index in [9.17, 15) is 4.79 Å². The number of halogens is 1. The SMILES string of the molecule is COc1c(C(=O)NCc2ccc(Cl)cc2)cnc2cc(SCc3ccccc3)ccc12. The van der Waals surface area contributed by atoms with E-state index in [0.29, 0.717) is 22.9 Å². The number of aromatic nitrogens is 1. The van der Waals surface area contributed by atoms with Gasteiger partial charge in [-0.2, -0.15) is 0 Å². The topological polar surface area (TPSA) is 51.2 Å². The Balaban J connectivity index is 1.51. The molecule has 1 N–H and O–H groups in total. The Morgan fingerprint density at radius 2 is 1.81 bits per heavy atom. The van der Waals surface area contributed by atoms with Crippen LogP contribution < -0.4 is 10.1 Å². The first-order valence-corrected chi connectivity index (χ1v) is 11.2. The van der Waals surface area contributed by atoms with Crippen LogP contribution in [0, 0.1) is 0 Å². The van der Waals surface area contributed by atoms with E-state index in [1.165, 1.54) is 5.56 Å². The van der Waals surface area contributed by atoms with Crippen LogP contribution in [0.25, 0.3) is 10.9 Å². The molecule has 0 radical (unpaired) electrons. The Morgan fingerprint density at radius 3 is 2.55 bits per heavy atom. The van der Waals surface area contributed by atoms with Crippen molar-refractivity contribution in [2.45, 2.75) is 17.2 Å². The van der Waals surface area contributed by atoms with Gasteiger partial charge < -0.3 is 10.1 Å². The molecule has 0 aliphatic carbocycles. The summed E-state index contributed by atoms with van der Waals surface area (Å²) in [6.45, 7) is 0.395. The van der Waals surface area contributed by atoms with Gasteiger partial charge in [0.15, 0.2) is 0 Å². The summed E-state index contributed by atoms with van der Waals surface area (Å²) < 4.78 is 5.59. The lowest BCUT2D eigenvalue weighted by molar-refractivity contribution is 0.0948. The number of hydrogen-bond acceptors (Lipinski definition) is 4. The number of nitrogens with zero attached hydrogens (tertiary/aromatic N) is 1. The van der Waals surface area contributed by atoms with Crippen LogP contribution in [0.3, 0.4) is 0 Å². The van der Waals surface area contributed by atoms with Crippen LogP contribution >= 0.6 is 23.4 Å². The highest BCUT2D eigenvalue weighted by Crippen LogP contribution is 2.32. The third kappa shape index (κ3) is 5.19. The minimum Gasteiger partial charge on any atom is -0.495 e. The van der Waals surface area contributed by atoms with Gasteiger partial charge >= 0.3 is 0 Å². The smallest absolute Gasteiger partial charge is 0.256 e. The lowest BCUT2D eigenvalue weighted by Crippen LogP contribution is -2.23. The lowest BCUT2D eigenvalue weighted by Gasteiger charge is -2.12. The van der Waals surface area contributed by atoms with Gasteiger partial charge in [-0.25, -0.2) is 0 Å². The quantitative estimate of drug-likeness (QED) is 0.346. The molecule has 4 rings (SSSR count). The number of thioether (sulfide) groups is 1. The monoisotopic (exact) mass is 448 g/mol. The average Bonchev–Trinajstić information content (AvgIpc) is 2.82. The molecule has 6 heteroatoms. The Hall–Kier alpha value is -3.02.